The fraction of sp³-hybridized carbons (Fsp3) is 0.444. The van der Waals surface area contributed by atoms with Crippen LogP contribution >= 0.6 is 0 Å². The van der Waals surface area contributed by atoms with Gasteiger partial charge in [0, 0.05) is 6.04 Å². The summed E-state index contributed by atoms with van der Waals surface area (Å²) in [5, 5.41) is 19.9. The number of imidazole rings is 1. The Morgan fingerprint density at radius 2 is 2.09 bits per heavy atom. The molecule has 0 atom stereocenters. The molecule has 120 valence electrons. The Balaban J connectivity index is 1.82. The molecule has 0 spiro atoms. The number of aliphatic hydroxyl groups is 1. The molecule has 1 heterocycles. The molecule has 0 saturated heterocycles. The van der Waals surface area contributed by atoms with E-state index in [0.29, 0.717) is 18.4 Å². The predicted octanol–water partition coefficient (Wildman–Crippen LogP) is 3.62. The quantitative estimate of drug-likeness (QED) is 0.668. The second-order valence-electron chi connectivity index (χ2n) is 6.24. The first kappa shape index (κ1) is 15.6. The first-order valence-corrected chi connectivity index (χ1v) is 8.16. The zero-order chi connectivity index (χ0) is 16.2. The summed E-state index contributed by atoms with van der Waals surface area (Å²) >= 11 is 0. The molecular formula is C18H22N4O. The molecule has 1 saturated carbocycles. The lowest BCUT2D eigenvalue weighted by molar-refractivity contribution is 0.184. The van der Waals surface area contributed by atoms with E-state index in [4.69, 9.17) is 0 Å². The highest BCUT2D eigenvalue weighted by Crippen LogP contribution is 2.24. The van der Waals surface area contributed by atoms with E-state index >= 15 is 0 Å². The fourth-order valence-corrected chi connectivity index (χ4v) is 3.29. The molecule has 0 bridgehead atoms. The minimum atomic E-state index is 0.0830. The molecule has 0 amide bonds. The van der Waals surface area contributed by atoms with Gasteiger partial charge in [0.05, 0.1) is 17.6 Å². The summed E-state index contributed by atoms with van der Waals surface area (Å²) < 4.78 is 0. The Labute approximate surface area is 136 Å². The molecule has 1 aromatic heterocycles. The smallest absolute Gasteiger partial charge is 0.152 e. The van der Waals surface area contributed by atoms with Gasteiger partial charge in [0.2, 0.25) is 0 Å². The third kappa shape index (κ3) is 3.38. The Bertz CT molecular complexity index is 717. The maximum absolute atomic E-state index is 10.4. The number of nitrogens with one attached hydrogen (secondary N) is 1. The Kier molecular flexibility index (Phi) is 4.63. The highest BCUT2D eigenvalue weighted by molar-refractivity contribution is 5.82. The number of aromatic amines is 1. The van der Waals surface area contributed by atoms with Crippen LogP contribution in [0.3, 0.4) is 0 Å². The standard InChI is InChI=1S/C18H22N4O/c1-22(13-7-3-2-4-8-13)12-17(23)14(11-19)18-20-15-9-5-6-10-16(15)21-18/h5-6,9-10,13,23H,2-4,7-8,12H2,1H3,(H,20,21)/b17-14-. The number of nitriles is 1. The van der Waals surface area contributed by atoms with Crippen molar-refractivity contribution in [2.45, 2.75) is 38.1 Å². The highest BCUT2D eigenvalue weighted by Gasteiger charge is 2.21. The van der Waals surface area contributed by atoms with Crippen molar-refractivity contribution >= 4 is 16.6 Å². The lowest BCUT2D eigenvalue weighted by atomic mass is 9.94. The van der Waals surface area contributed by atoms with E-state index in [9.17, 15) is 10.4 Å². The molecule has 5 heteroatoms. The number of allylic oxidation sites excluding steroid dienone is 1. The van der Waals surface area contributed by atoms with E-state index in [1.54, 1.807) is 0 Å². The van der Waals surface area contributed by atoms with Gasteiger partial charge in [-0.25, -0.2) is 4.98 Å². The zero-order valence-corrected chi connectivity index (χ0v) is 13.4. The van der Waals surface area contributed by atoms with Gasteiger partial charge in [0.25, 0.3) is 0 Å². The van der Waals surface area contributed by atoms with Crippen LogP contribution in [-0.4, -0.2) is 39.6 Å². The van der Waals surface area contributed by atoms with E-state index in [-0.39, 0.29) is 11.3 Å². The molecule has 1 aliphatic carbocycles. The van der Waals surface area contributed by atoms with Crippen molar-refractivity contribution in [3.05, 3.63) is 35.8 Å². The molecule has 0 unspecified atom stereocenters. The van der Waals surface area contributed by atoms with E-state index in [1.165, 1.54) is 19.3 Å². The number of para-hydroxylation sites is 2. The Morgan fingerprint density at radius 3 is 2.78 bits per heavy atom. The average Bonchev–Trinajstić information content (AvgIpc) is 2.99. The lowest BCUT2D eigenvalue weighted by Crippen LogP contribution is -2.35. The third-order valence-electron chi connectivity index (χ3n) is 4.62. The molecular weight excluding hydrogens is 288 g/mol. The van der Waals surface area contributed by atoms with Gasteiger partial charge in [-0.1, -0.05) is 31.4 Å². The summed E-state index contributed by atoms with van der Waals surface area (Å²) in [4.78, 5) is 9.67. The first-order chi connectivity index (χ1) is 11.2. The Hall–Kier alpha value is -2.32. The van der Waals surface area contributed by atoms with Crippen LogP contribution in [0.25, 0.3) is 16.6 Å². The van der Waals surface area contributed by atoms with Gasteiger partial charge in [-0.3, -0.25) is 4.90 Å². The van der Waals surface area contributed by atoms with Crippen molar-refractivity contribution in [1.82, 2.24) is 14.9 Å². The van der Waals surface area contributed by atoms with Crippen molar-refractivity contribution in [1.29, 1.82) is 5.26 Å². The SMILES string of the molecule is CN(C/C(O)=C(\C#N)c1nc2ccccc2[nH]1)C1CCCCC1. The maximum Gasteiger partial charge on any atom is 0.152 e. The number of fused-ring (bicyclic) bond motifs is 1. The highest BCUT2D eigenvalue weighted by atomic mass is 16.3. The molecule has 5 nitrogen and oxygen atoms in total. The number of benzene rings is 1. The maximum atomic E-state index is 10.4. The summed E-state index contributed by atoms with van der Waals surface area (Å²) in [5.74, 6) is 0.517. The lowest BCUT2D eigenvalue weighted by Gasteiger charge is -2.30. The number of aliphatic hydroxyl groups excluding tert-OH is 1. The van der Waals surface area contributed by atoms with Crippen molar-refractivity contribution in [2.75, 3.05) is 13.6 Å². The number of likely N-dealkylation sites (N-methyl/N-ethyl adjacent to an activating group) is 1. The van der Waals surface area contributed by atoms with Crippen molar-refractivity contribution in [3.63, 3.8) is 0 Å². The monoisotopic (exact) mass is 310 g/mol. The molecule has 1 aliphatic rings. The summed E-state index contributed by atoms with van der Waals surface area (Å²) in [6, 6.07) is 10.2. The summed E-state index contributed by atoms with van der Waals surface area (Å²) in [7, 11) is 2.01. The van der Waals surface area contributed by atoms with Crippen molar-refractivity contribution < 1.29 is 5.11 Å². The van der Waals surface area contributed by atoms with Crippen LogP contribution in [0.15, 0.2) is 30.0 Å². The topological polar surface area (TPSA) is 75.9 Å². The second kappa shape index (κ2) is 6.84. The normalized spacial score (nSPS) is 17.3. The van der Waals surface area contributed by atoms with Crippen LogP contribution < -0.4 is 0 Å². The van der Waals surface area contributed by atoms with Crippen molar-refractivity contribution in [2.24, 2.45) is 0 Å². The van der Waals surface area contributed by atoms with Gasteiger partial charge in [-0.15, -0.1) is 0 Å². The largest absolute Gasteiger partial charge is 0.509 e. The molecule has 1 aromatic carbocycles. The zero-order valence-electron chi connectivity index (χ0n) is 13.4. The molecule has 2 N–H and O–H groups in total. The number of H-pyrrole nitrogens is 1. The van der Waals surface area contributed by atoms with E-state index in [2.05, 4.69) is 20.9 Å². The molecule has 3 rings (SSSR count). The van der Waals surface area contributed by atoms with Crippen LogP contribution in [0.4, 0.5) is 0 Å². The summed E-state index contributed by atoms with van der Waals surface area (Å²) in [6.07, 6.45) is 6.11. The van der Waals surface area contributed by atoms with Gasteiger partial charge in [-0.2, -0.15) is 5.26 Å². The van der Waals surface area contributed by atoms with Gasteiger partial charge in [0.15, 0.2) is 5.82 Å². The number of rotatable bonds is 4. The number of nitrogens with zero attached hydrogens (tertiary/aromatic N) is 3. The van der Waals surface area contributed by atoms with Crippen LogP contribution in [0.2, 0.25) is 0 Å². The second-order valence-corrected chi connectivity index (χ2v) is 6.24. The third-order valence-corrected chi connectivity index (χ3v) is 4.62. The summed E-state index contributed by atoms with van der Waals surface area (Å²) in [6.45, 7) is 0.380. The van der Waals surface area contributed by atoms with Gasteiger partial charge in [0.1, 0.15) is 17.4 Å². The minimum Gasteiger partial charge on any atom is -0.509 e. The van der Waals surface area contributed by atoms with Crippen LogP contribution in [-0.2, 0) is 0 Å². The van der Waals surface area contributed by atoms with E-state index in [0.717, 1.165) is 23.9 Å². The first-order valence-electron chi connectivity index (χ1n) is 8.16. The number of hydrogen-bond acceptors (Lipinski definition) is 4. The number of aromatic nitrogens is 2. The van der Waals surface area contributed by atoms with Crippen molar-refractivity contribution in [3.8, 4) is 6.07 Å². The average molecular weight is 310 g/mol. The Morgan fingerprint density at radius 1 is 1.35 bits per heavy atom. The molecule has 2 aromatic rings. The molecule has 23 heavy (non-hydrogen) atoms. The molecule has 0 aliphatic heterocycles. The van der Waals surface area contributed by atoms with Gasteiger partial charge < -0.3 is 10.1 Å². The predicted molar refractivity (Wildman–Crippen MR) is 90.8 cm³/mol. The number of hydrogen-bond donors (Lipinski definition) is 2. The van der Waals surface area contributed by atoms with Gasteiger partial charge in [-0.05, 0) is 32.0 Å². The van der Waals surface area contributed by atoms with E-state index in [1.807, 2.05) is 31.3 Å². The minimum absolute atomic E-state index is 0.0830. The van der Waals surface area contributed by atoms with Crippen LogP contribution in [0.1, 0.15) is 37.9 Å². The van der Waals surface area contributed by atoms with Crippen LogP contribution in [0, 0.1) is 11.3 Å². The van der Waals surface area contributed by atoms with Gasteiger partial charge >= 0.3 is 0 Å². The molecule has 1 fully saturated rings. The van der Waals surface area contributed by atoms with Crippen LogP contribution in [0.5, 0.6) is 0 Å². The fourth-order valence-electron chi connectivity index (χ4n) is 3.29. The summed E-state index contributed by atoms with van der Waals surface area (Å²) in [5.41, 5.74) is 1.89. The molecule has 0 radical (unpaired) electrons. The van der Waals surface area contributed by atoms with E-state index < -0.39 is 0 Å².